The van der Waals surface area contributed by atoms with Gasteiger partial charge in [0.1, 0.15) is 0 Å². The highest BCUT2D eigenvalue weighted by molar-refractivity contribution is 7.89. The fourth-order valence-corrected chi connectivity index (χ4v) is 4.03. The molecule has 1 saturated heterocycles. The molecule has 0 bridgehead atoms. The van der Waals surface area contributed by atoms with E-state index in [4.69, 9.17) is 5.26 Å². The fraction of sp³-hybridized carbons (Fsp3) is 0.533. The Morgan fingerprint density at radius 3 is 2.81 bits per heavy atom. The van der Waals surface area contributed by atoms with Crippen molar-refractivity contribution in [1.29, 1.82) is 5.26 Å². The molecule has 0 spiro atoms. The third kappa shape index (κ3) is 3.82. The van der Waals surface area contributed by atoms with Crippen LogP contribution in [0.25, 0.3) is 0 Å². The maximum Gasteiger partial charge on any atom is 0.240 e. The summed E-state index contributed by atoms with van der Waals surface area (Å²) in [6.07, 6.45) is 1.03. The van der Waals surface area contributed by atoms with E-state index in [9.17, 15) is 8.42 Å². The SMILES string of the molecule is CCN1CCC(CNS(=O)(=O)c2ccc(C#N)cc2C)C1. The second-order valence-corrected chi connectivity index (χ2v) is 7.23. The zero-order valence-corrected chi connectivity index (χ0v) is 13.3. The molecule has 114 valence electrons. The average molecular weight is 307 g/mol. The summed E-state index contributed by atoms with van der Waals surface area (Å²) >= 11 is 0. The molecule has 1 aliphatic rings. The van der Waals surface area contributed by atoms with E-state index in [0.29, 0.717) is 23.6 Å². The van der Waals surface area contributed by atoms with Gasteiger partial charge >= 0.3 is 0 Å². The predicted molar refractivity (Wildman–Crippen MR) is 81.3 cm³/mol. The molecule has 0 radical (unpaired) electrons. The zero-order valence-electron chi connectivity index (χ0n) is 12.5. The molecule has 1 heterocycles. The van der Waals surface area contributed by atoms with Gasteiger partial charge in [-0.3, -0.25) is 0 Å². The van der Waals surface area contributed by atoms with E-state index in [1.807, 2.05) is 6.07 Å². The number of rotatable bonds is 5. The van der Waals surface area contributed by atoms with Crippen molar-refractivity contribution in [2.24, 2.45) is 5.92 Å². The molecule has 1 aromatic carbocycles. The van der Waals surface area contributed by atoms with Crippen LogP contribution in [0.3, 0.4) is 0 Å². The van der Waals surface area contributed by atoms with Gasteiger partial charge in [0, 0.05) is 13.1 Å². The quantitative estimate of drug-likeness (QED) is 0.894. The molecule has 0 saturated carbocycles. The van der Waals surface area contributed by atoms with E-state index in [-0.39, 0.29) is 4.90 Å². The Balaban J connectivity index is 2.04. The average Bonchev–Trinajstić information content (AvgIpc) is 2.93. The molecule has 2 rings (SSSR count). The Bertz CT molecular complexity index is 649. The van der Waals surface area contributed by atoms with Crippen molar-refractivity contribution in [3.8, 4) is 6.07 Å². The van der Waals surface area contributed by atoms with Gasteiger partial charge in [-0.1, -0.05) is 6.92 Å². The third-order valence-electron chi connectivity index (χ3n) is 3.97. The van der Waals surface area contributed by atoms with Crippen LogP contribution in [-0.2, 0) is 10.0 Å². The maximum absolute atomic E-state index is 12.4. The van der Waals surface area contributed by atoms with Gasteiger partial charge in [0.25, 0.3) is 0 Å². The topological polar surface area (TPSA) is 73.2 Å². The summed E-state index contributed by atoms with van der Waals surface area (Å²) < 4.78 is 27.4. The molecule has 21 heavy (non-hydrogen) atoms. The molecule has 0 aliphatic carbocycles. The summed E-state index contributed by atoms with van der Waals surface area (Å²) in [5.74, 6) is 0.374. The van der Waals surface area contributed by atoms with Crippen molar-refractivity contribution in [2.75, 3.05) is 26.2 Å². The smallest absolute Gasteiger partial charge is 0.240 e. The zero-order chi connectivity index (χ0) is 15.5. The van der Waals surface area contributed by atoms with Crippen molar-refractivity contribution >= 4 is 10.0 Å². The molecule has 0 amide bonds. The van der Waals surface area contributed by atoms with Crippen LogP contribution in [0.1, 0.15) is 24.5 Å². The van der Waals surface area contributed by atoms with Crippen LogP contribution >= 0.6 is 0 Å². The van der Waals surface area contributed by atoms with Crippen LogP contribution in [0, 0.1) is 24.2 Å². The Labute approximate surface area is 126 Å². The van der Waals surface area contributed by atoms with Crippen molar-refractivity contribution in [2.45, 2.75) is 25.2 Å². The molecule has 1 N–H and O–H groups in total. The minimum absolute atomic E-state index is 0.256. The number of aryl methyl sites for hydroxylation is 1. The number of hydrogen-bond acceptors (Lipinski definition) is 4. The number of hydrogen-bond donors (Lipinski definition) is 1. The molecule has 6 heteroatoms. The lowest BCUT2D eigenvalue weighted by atomic mass is 10.1. The maximum atomic E-state index is 12.4. The predicted octanol–water partition coefficient (Wildman–Crippen LogP) is 1.49. The molecule has 1 aliphatic heterocycles. The lowest BCUT2D eigenvalue weighted by Crippen LogP contribution is -2.31. The second kappa shape index (κ2) is 6.56. The summed E-state index contributed by atoms with van der Waals surface area (Å²) in [6, 6.07) is 6.65. The molecule has 1 atom stereocenters. The van der Waals surface area contributed by atoms with Gasteiger partial charge < -0.3 is 4.90 Å². The summed E-state index contributed by atoms with van der Waals surface area (Å²) in [7, 11) is -3.51. The standard InChI is InChI=1S/C15H21N3O2S/c1-3-18-7-6-14(11-18)10-17-21(19,20)15-5-4-13(9-16)8-12(15)2/h4-5,8,14,17H,3,6-7,10-11H2,1-2H3. The Morgan fingerprint density at radius 2 is 2.24 bits per heavy atom. The first-order valence-corrected chi connectivity index (χ1v) is 8.67. The number of nitrogens with zero attached hydrogens (tertiary/aromatic N) is 2. The monoisotopic (exact) mass is 307 g/mol. The number of likely N-dealkylation sites (tertiary alicyclic amines) is 1. The first kappa shape index (κ1) is 16.0. The first-order valence-electron chi connectivity index (χ1n) is 7.19. The number of sulfonamides is 1. The number of nitrogens with one attached hydrogen (secondary N) is 1. The highest BCUT2D eigenvalue weighted by Crippen LogP contribution is 2.18. The Kier molecular flexibility index (Phi) is 4.99. The van der Waals surface area contributed by atoms with Gasteiger partial charge in [-0.05, 0) is 56.1 Å². The molecular weight excluding hydrogens is 286 g/mol. The van der Waals surface area contributed by atoms with Crippen LogP contribution in [0.5, 0.6) is 0 Å². The third-order valence-corrected chi connectivity index (χ3v) is 5.56. The van der Waals surface area contributed by atoms with Gasteiger partial charge in [0.2, 0.25) is 10.0 Å². The van der Waals surface area contributed by atoms with Crippen molar-refractivity contribution in [3.63, 3.8) is 0 Å². The summed E-state index contributed by atoms with van der Waals surface area (Å²) in [4.78, 5) is 2.58. The minimum atomic E-state index is -3.51. The highest BCUT2D eigenvalue weighted by Gasteiger charge is 2.24. The summed E-state index contributed by atoms with van der Waals surface area (Å²) in [5.41, 5.74) is 1.07. The molecule has 0 aromatic heterocycles. The minimum Gasteiger partial charge on any atom is -0.303 e. The van der Waals surface area contributed by atoms with E-state index >= 15 is 0 Å². The molecular formula is C15H21N3O2S. The van der Waals surface area contributed by atoms with Gasteiger partial charge in [-0.2, -0.15) is 5.26 Å². The van der Waals surface area contributed by atoms with Crippen molar-refractivity contribution < 1.29 is 8.42 Å². The van der Waals surface area contributed by atoms with Crippen molar-refractivity contribution in [1.82, 2.24) is 9.62 Å². The summed E-state index contributed by atoms with van der Waals surface area (Å²) in [5, 5.41) is 8.83. The van der Waals surface area contributed by atoms with E-state index in [1.165, 1.54) is 12.1 Å². The van der Waals surface area contributed by atoms with Crippen molar-refractivity contribution in [3.05, 3.63) is 29.3 Å². The molecule has 5 nitrogen and oxygen atoms in total. The number of nitriles is 1. The van der Waals surface area contributed by atoms with Crippen LogP contribution in [-0.4, -0.2) is 39.5 Å². The van der Waals surface area contributed by atoms with Gasteiger partial charge in [-0.15, -0.1) is 0 Å². The Hall–Kier alpha value is -1.42. The molecule has 1 unspecified atom stereocenters. The van der Waals surface area contributed by atoms with Crippen LogP contribution in [0.4, 0.5) is 0 Å². The van der Waals surface area contributed by atoms with E-state index < -0.39 is 10.0 Å². The largest absolute Gasteiger partial charge is 0.303 e. The molecule has 1 fully saturated rings. The lowest BCUT2D eigenvalue weighted by molar-refractivity contribution is 0.342. The highest BCUT2D eigenvalue weighted by atomic mass is 32.2. The normalized spacial score (nSPS) is 19.6. The fourth-order valence-electron chi connectivity index (χ4n) is 2.69. The van der Waals surface area contributed by atoms with Gasteiger partial charge in [0.05, 0.1) is 16.5 Å². The lowest BCUT2D eigenvalue weighted by Gasteiger charge is -2.14. The van der Waals surface area contributed by atoms with Crippen LogP contribution in [0.15, 0.2) is 23.1 Å². The Morgan fingerprint density at radius 1 is 1.48 bits per heavy atom. The van der Waals surface area contributed by atoms with E-state index in [1.54, 1.807) is 13.0 Å². The van der Waals surface area contributed by atoms with Gasteiger partial charge in [0.15, 0.2) is 0 Å². The van der Waals surface area contributed by atoms with Crippen LogP contribution in [0.2, 0.25) is 0 Å². The summed E-state index contributed by atoms with van der Waals surface area (Å²) in [6.45, 7) is 7.30. The first-order chi connectivity index (χ1) is 9.96. The number of benzene rings is 1. The van der Waals surface area contributed by atoms with Gasteiger partial charge in [-0.25, -0.2) is 13.1 Å². The van der Waals surface area contributed by atoms with E-state index in [0.717, 1.165) is 26.1 Å². The van der Waals surface area contributed by atoms with Crippen LogP contribution < -0.4 is 4.72 Å². The van der Waals surface area contributed by atoms with E-state index in [2.05, 4.69) is 16.5 Å². The molecule has 1 aromatic rings. The second-order valence-electron chi connectivity index (χ2n) is 5.49.